The van der Waals surface area contributed by atoms with Gasteiger partial charge in [0, 0.05) is 0 Å². The van der Waals surface area contributed by atoms with Crippen LogP contribution in [0.1, 0.15) is 5.56 Å². The van der Waals surface area contributed by atoms with E-state index < -0.39 is 23.7 Å². The Morgan fingerprint density at radius 3 is 2.65 bits per heavy atom. The fourth-order valence-corrected chi connectivity index (χ4v) is 1.21. The number of hydrogen-bond donors (Lipinski definition) is 3. The molecule has 0 amide bonds. The quantitative estimate of drug-likeness (QED) is 0.447. The molecular weight excluding hydrogens is 275 g/mol. The number of nitrogens with two attached hydrogens (primary N) is 1. The van der Waals surface area contributed by atoms with Gasteiger partial charge in [0.2, 0.25) is 5.71 Å². The summed E-state index contributed by atoms with van der Waals surface area (Å²) in [5, 5.41) is 19.1. The summed E-state index contributed by atoms with van der Waals surface area (Å²) in [7, 11) is 0. The molecule has 4 N–H and O–H groups in total. The molecular formula is C11H10F3N5O. The Labute approximate surface area is 112 Å². The number of nitriles is 1. The molecule has 0 aliphatic rings. The molecule has 1 rings (SSSR count). The average molecular weight is 285 g/mol. The Balaban J connectivity index is 3.08. The third-order valence-corrected chi connectivity index (χ3v) is 2.01. The van der Waals surface area contributed by atoms with Gasteiger partial charge in [-0.25, -0.2) is 0 Å². The number of halogens is 3. The van der Waals surface area contributed by atoms with Crippen LogP contribution in [0.25, 0.3) is 0 Å². The minimum Gasteiger partial charge on any atom is -0.404 e. The van der Waals surface area contributed by atoms with Crippen molar-refractivity contribution in [3.63, 3.8) is 0 Å². The maximum atomic E-state index is 12.2. The number of anilines is 1. The zero-order chi connectivity index (χ0) is 15.3. The Bertz CT molecular complexity index is 589. The van der Waals surface area contributed by atoms with Gasteiger partial charge in [-0.3, -0.25) is 10.8 Å². The average Bonchev–Trinajstić information content (AvgIpc) is 2.31. The zero-order valence-electron chi connectivity index (χ0n) is 10.2. The van der Waals surface area contributed by atoms with Crippen LogP contribution in [0, 0.1) is 23.7 Å². The lowest BCUT2D eigenvalue weighted by atomic mass is 10.2. The van der Waals surface area contributed by atoms with E-state index >= 15 is 0 Å². The van der Waals surface area contributed by atoms with Crippen LogP contribution in [-0.4, -0.2) is 17.9 Å². The molecule has 6 nitrogen and oxygen atoms in total. The highest BCUT2D eigenvalue weighted by molar-refractivity contribution is 6.45. The molecule has 0 heterocycles. The third-order valence-electron chi connectivity index (χ3n) is 2.01. The fraction of sp³-hybridized carbons (Fsp3) is 0.182. The number of nitrogens with one attached hydrogen (secondary N) is 2. The van der Waals surface area contributed by atoms with E-state index in [4.69, 9.17) is 16.4 Å². The van der Waals surface area contributed by atoms with E-state index in [9.17, 15) is 13.2 Å². The summed E-state index contributed by atoms with van der Waals surface area (Å²) in [5.41, 5.74) is 7.39. The molecule has 0 radical (unpaired) electrons. The van der Waals surface area contributed by atoms with Crippen LogP contribution in [0.15, 0.2) is 23.3 Å². The lowest BCUT2D eigenvalue weighted by Gasteiger charge is -2.13. The van der Waals surface area contributed by atoms with Crippen molar-refractivity contribution in [1.29, 1.82) is 10.7 Å². The molecule has 0 aliphatic heterocycles. The molecule has 0 saturated carbocycles. The maximum absolute atomic E-state index is 12.2. The number of hydrogen-bond acceptors (Lipinski definition) is 5. The highest BCUT2D eigenvalue weighted by Gasteiger charge is 2.32. The Morgan fingerprint density at radius 1 is 1.50 bits per heavy atom. The normalized spacial score (nSPS) is 11.7. The van der Waals surface area contributed by atoms with Crippen LogP contribution in [0.4, 0.5) is 18.9 Å². The van der Waals surface area contributed by atoms with Gasteiger partial charge >= 0.3 is 6.36 Å². The summed E-state index contributed by atoms with van der Waals surface area (Å²) in [6.07, 6.45) is -4.85. The number of aryl methyl sites for hydroxylation is 1. The lowest BCUT2D eigenvalue weighted by Crippen LogP contribution is -2.22. The van der Waals surface area contributed by atoms with E-state index in [1.54, 1.807) is 6.92 Å². The second kappa shape index (κ2) is 5.92. The van der Waals surface area contributed by atoms with Gasteiger partial charge in [0.15, 0.2) is 11.6 Å². The summed E-state index contributed by atoms with van der Waals surface area (Å²) in [5.74, 6) is -1.11. The second-order valence-electron chi connectivity index (χ2n) is 3.65. The molecule has 0 saturated heterocycles. The Morgan fingerprint density at radius 2 is 2.15 bits per heavy atom. The fourth-order valence-electron chi connectivity index (χ4n) is 1.21. The monoisotopic (exact) mass is 285 g/mol. The molecule has 1 aromatic carbocycles. The molecule has 20 heavy (non-hydrogen) atoms. The van der Waals surface area contributed by atoms with Crippen molar-refractivity contribution >= 4 is 17.2 Å². The van der Waals surface area contributed by atoms with Crippen LogP contribution in [0.5, 0.6) is 5.75 Å². The number of nitrogens with zero attached hydrogens (tertiary/aromatic N) is 2. The van der Waals surface area contributed by atoms with E-state index in [1.165, 1.54) is 18.2 Å². The molecule has 9 heteroatoms. The van der Waals surface area contributed by atoms with Crippen molar-refractivity contribution in [3.8, 4) is 11.8 Å². The van der Waals surface area contributed by atoms with E-state index in [-0.39, 0.29) is 5.69 Å². The van der Waals surface area contributed by atoms with Crippen molar-refractivity contribution in [2.24, 2.45) is 10.8 Å². The van der Waals surface area contributed by atoms with Gasteiger partial charge in [0.1, 0.15) is 6.07 Å². The van der Waals surface area contributed by atoms with Gasteiger partial charge in [0.05, 0.1) is 5.69 Å². The van der Waals surface area contributed by atoms with Crippen LogP contribution in [0.3, 0.4) is 0 Å². The number of ether oxygens (including phenoxy) is 1. The van der Waals surface area contributed by atoms with Crippen LogP contribution in [-0.2, 0) is 0 Å². The molecule has 0 atom stereocenters. The first kappa shape index (κ1) is 15.3. The molecule has 1 aromatic rings. The lowest BCUT2D eigenvalue weighted by molar-refractivity contribution is -0.274. The SMILES string of the molecule is Cc1ccc(OC(F)(F)F)c(N/N=C(\C#N)C(=N)N)c1. The Kier molecular flexibility index (Phi) is 4.53. The number of rotatable bonds is 4. The molecule has 0 bridgehead atoms. The van der Waals surface area contributed by atoms with Crippen molar-refractivity contribution in [2.45, 2.75) is 13.3 Å². The van der Waals surface area contributed by atoms with Crippen molar-refractivity contribution in [2.75, 3.05) is 5.43 Å². The first-order chi connectivity index (χ1) is 9.23. The maximum Gasteiger partial charge on any atom is 0.573 e. The summed E-state index contributed by atoms with van der Waals surface area (Å²) in [6.45, 7) is 1.66. The summed E-state index contributed by atoms with van der Waals surface area (Å²) in [4.78, 5) is 0. The summed E-state index contributed by atoms with van der Waals surface area (Å²) >= 11 is 0. The molecule has 0 spiro atoms. The largest absolute Gasteiger partial charge is 0.573 e. The first-order valence-corrected chi connectivity index (χ1v) is 5.17. The summed E-state index contributed by atoms with van der Waals surface area (Å²) < 4.78 is 40.5. The van der Waals surface area contributed by atoms with E-state index in [0.29, 0.717) is 5.56 Å². The van der Waals surface area contributed by atoms with Gasteiger partial charge in [0.25, 0.3) is 0 Å². The van der Waals surface area contributed by atoms with Crippen molar-refractivity contribution < 1.29 is 17.9 Å². The van der Waals surface area contributed by atoms with Gasteiger partial charge in [-0.2, -0.15) is 10.4 Å². The minimum atomic E-state index is -4.85. The number of hydrazone groups is 1. The molecule has 0 aliphatic carbocycles. The van der Waals surface area contributed by atoms with Crippen LogP contribution >= 0.6 is 0 Å². The topological polar surface area (TPSA) is 107 Å². The second-order valence-corrected chi connectivity index (χ2v) is 3.65. The van der Waals surface area contributed by atoms with Gasteiger partial charge in [-0.05, 0) is 24.6 Å². The van der Waals surface area contributed by atoms with Gasteiger partial charge in [-0.15, -0.1) is 13.2 Å². The molecule has 0 unspecified atom stereocenters. The van der Waals surface area contributed by atoms with Gasteiger partial charge in [-0.1, -0.05) is 6.07 Å². The first-order valence-electron chi connectivity index (χ1n) is 5.17. The highest BCUT2D eigenvalue weighted by atomic mass is 19.4. The smallest absolute Gasteiger partial charge is 0.404 e. The van der Waals surface area contributed by atoms with E-state index in [0.717, 1.165) is 6.07 Å². The van der Waals surface area contributed by atoms with Crippen LogP contribution < -0.4 is 15.9 Å². The third kappa shape index (κ3) is 4.49. The van der Waals surface area contributed by atoms with Crippen molar-refractivity contribution in [1.82, 2.24) is 0 Å². The van der Waals surface area contributed by atoms with E-state index in [1.807, 2.05) is 0 Å². The molecule has 0 aromatic heterocycles. The number of benzene rings is 1. The predicted molar refractivity (Wildman–Crippen MR) is 66.4 cm³/mol. The van der Waals surface area contributed by atoms with Crippen LogP contribution in [0.2, 0.25) is 0 Å². The molecule has 106 valence electrons. The van der Waals surface area contributed by atoms with E-state index in [2.05, 4.69) is 15.3 Å². The molecule has 0 fully saturated rings. The zero-order valence-corrected chi connectivity index (χ0v) is 10.2. The van der Waals surface area contributed by atoms with Gasteiger partial charge < -0.3 is 10.5 Å². The predicted octanol–water partition coefficient (Wildman–Crippen LogP) is 2.12. The standard InChI is InChI=1S/C11H10F3N5O/c1-6-2-3-9(20-11(12,13)14)7(4-6)18-19-8(5-15)10(16)17/h2-4,18H,1H3,(H3,16,17)/b19-8+. The minimum absolute atomic E-state index is 0.101. The van der Waals surface area contributed by atoms with Crippen molar-refractivity contribution in [3.05, 3.63) is 23.8 Å². The number of amidine groups is 1. The highest BCUT2D eigenvalue weighted by Crippen LogP contribution is 2.31. The Hall–Kier alpha value is -2.76. The number of alkyl halides is 3. The summed E-state index contributed by atoms with van der Waals surface area (Å²) in [6, 6.07) is 5.41.